The van der Waals surface area contributed by atoms with Crippen molar-refractivity contribution in [3.05, 3.63) is 0 Å². The Bertz CT molecular complexity index is 204. The first-order valence-electron chi connectivity index (χ1n) is 8.22. The molecule has 0 aliphatic heterocycles. The Morgan fingerprint density at radius 3 is 1.42 bits per heavy atom. The smallest absolute Gasteiger partial charge is 0.00386 e. The van der Waals surface area contributed by atoms with E-state index in [-0.39, 0.29) is 0 Å². The van der Waals surface area contributed by atoms with Gasteiger partial charge in [0.15, 0.2) is 0 Å². The summed E-state index contributed by atoms with van der Waals surface area (Å²) in [4.78, 5) is 0. The van der Waals surface area contributed by atoms with Crippen LogP contribution in [0.5, 0.6) is 0 Å². The van der Waals surface area contributed by atoms with Crippen LogP contribution in [0.3, 0.4) is 0 Å². The molecule has 0 aromatic carbocycles. The minimum absolute atomic E-state index is 0.426. The van der Waals surface area contributed by atoms with Gasteiger partial charge in [0.05, 0.1) is 0 Å². The van der Waals surface area contributed by atoms with Crippen LogP contribution in [0.4, 0.5) is 0 Å². The van der Waals surface area contributed by atoms with E-state index in [1.54, 1.807) is 0 Å². The third-order valence-electron chi connectivity index (χ3n) is 4.96. The molecule has 2 atom stereocenters. The molecule has 19 heavy (non-hydrogen) atoms. The van der Waals surface area contributed by atoms with Gasteiger partial charge in [0, 0.05) is 6.04 Å². The molecule has 0 spiro atoms. The summed E-state index contributed by atoms with van der Waals surface area (Å²) < 4.78 is 0. The number of nitrogens with two attached hydrogens (primary N) is 1. The molecule has 0 heterocycles. The van der Waals surface area contributed by atoms with Gasteiger partial charge < -0.3 is 5.73 Å². The zero-order valence-corrected chi connectivity index (χ0v) is 15.4. The van der Waals surface area contributed by atoms with Crippen LogP contribution in [0.15, 0.2) is 0 Å². The van der Waals surface area contributed by atoms with Gasteiger partial charge in [0.25, 0.3) is 0 Å². The monoisotopic (exact) mass is 271 g/mol. The van der Waals surface area contributed by atoms with Crippen LogP contribution >= 0.6 is 0 Å². The maximum absolute atomic E-state index is 5.67. The standard InChI is InChI=1S/C11H24.C7H17N/c1-8(2)10(5)11(6,7)9(3)4;1-4-7(8)5-6(2)3/h8-10H,1-7H3;6-7H,4-5,8H2,1-3H3. The number of hydrogen-bond acceptors (Lipinski definition) is 1. The first-order valence-corrected chi connectivity index (χ1v) is 8.22. The predicted octanol–water partition coefficient (Wildman–Crippen LogP) is 5.73. The molecule has 0 radical (unpaired) electrons. The normalized spacial score (nSPS) is 15.5. The zero-order valence-electron chi connectivity index (χ0n) is 15.4. The lowest BCUT2D eigenvalue weighted by molar-refractivity contribution is 0.113. The van der Waals surface area contributed by atoms with Gasteiger partial charge >= 0.3 is 0 Å². The van der Waals surface area contributed by atoms with E-state index < -0.39 is 0 Å². The Labute approximate surface area is 123 Å². The van der Waals surface area contributed by atoms with Crippen molar-refractivity contribution >= 4 is 0 Å². The molecule has 0 saturated heterocycles. The van der Waals surface area contributed by atoms with Crippen molar-refractivity contribution in [2.45, 2.75) is 88.1 Å². The van der Waals surface area contributed by atoms with E-state index in [2.05, 4.69) is 69.2 Å². The lowest BCUT2D eigenvalue weighted by atomic mass is 9.67. The SMILES string of the molecule is CC(C)C(C)C(C)(C)C(C)C.CCC(N)CC(C)C. The maximum Gasteiger partial charge on any atom is 0.00386 e. The molecule has 0 aromatic rings. The van der Waals surface area contributed by atoms with E-state index >= 15 is 0 Å². The van der Waals surface area contributed by atoms with Gasteiger partial charge in [-0.15, -0.1) is 0 Å². The van der Waals surface area contributed by atoms with E-state index in [4.69, 9.17) is 5.73 Å². The molecule has 0 fully saturated rings. The second kappa shape index (κ2) is 9.80. The van der Waals surface area contributed by atoms with Crippen LogP contribution < -0.4 is 5.73 Å². The largest absolute Gasteiger partial charge is 0.328 e. The fourth-order valence-corrected chi connectivity index (χ4v) is 2.16. The lowest BCUT2D eigenvalue weighted by Gasteiger charge is -2.38. The van der Waals surface area contributed by atoms with Crippen molar-refractivity contribution in [3.8, 4) is 0 Å². The van der Waals surface area contributed by atoms with Gasteiger partial charge in [-0.25, -0.2) is 0 Å². The fraction of sp³-hybridized carbons (Fsp3) is 1.00. The quantitative estimate of drug-likeness (QED) is 0.656. The Hall–Kier alpha value is -0.0400. The summed E-state index contributed by atoms with van der Waals surface area (Å²) in [6, 6.07) is 0.426. The Morgan fingerprint density at radius 1 is 0.895 bits per heavy atom. The highest BCUT2D eigenvalue weighted by molar-refractivity contribution is 4.79. The highest BCUT2D eigenvalue weighted by Gasteiger charge is 2.30. The van der Waals surface area contributed by atoms with E-state index in [0.717, 1.165) is 36.5 Å². The molecular weight excluding hydrogens is 230 g/mol. The first kappa shape index (κ1) is 21.3. The van der Waals surface area contributed by atoms with Gasteiger partial charge in [-0.2, -0.15) is 0 Å². The number of rotatable bonds is 6. The second-order valence-electron chi connectivity index (χ2n) is 7.81. The van der Waals surface area contributed by atoms with E-state index in [9.17, 15) is 0 Å². The minimum Gasteiger partial charge on any atom is -0.328 e. The van der Waals surface area contributed by atoms with Crippen molar-refractivity contribution in [1.29, 1.82) is 0 Å². The Balaban J connectivity index is 0. The molecule has 0 amide bonds. The summed E-state index contributed by atoms with van der Waals surface area (Å²) in [7, 11) is 0. The minimum atomic E-state index is 0.426. The van der Waals surface area contributed by atoms with Crippen LogP contribution in [-0.2, 0) is 0 Å². The molecule has 0 bridgehead atoms. The van der Waals surface area contributed by atoms with E-state index in [1.807, 2.05) is 0 Å². The summed E-state index contributed by atoms with van der Waals surface area (Å²) >= 11 is 0. The number of hydrogen-bond donors (Lipinski definition) is 1. The zero-order chi connectivity index (χ0) is 15.8. The van der Waals surface area contributed by atoms with Gasteiger partial charge in [-0.3, -0.25) is 0 Å². The van der Waals surface area contributed by atoms with Crippen molar-refractivity contribution in [2.75, 3.05) is 0 Å². The summed E-state index contributed by atoms with van der Waals surface area (Å²) in [5.74, 6) is 3.14. The van der Waals surface area contributed by atoms with Crippen LogP contribution in [0, 0.1) is 29.1 Å². The van der Waals surface area contributed by atoms with Crippen molar-refractivity contribution < 1.29 is 0 Å². The molecule has 0 aliphatic rings. The lowest BCUT2D eigenvalue weighted by Crippen LogP contribution is -2.30. The topological polar surface area (TPSA) is 26.0 Å². The molecule has 0 saturated carbocycles. The predicted molar refractivity (Wildman–Crippen MR) is 90.3 cm³/mol. The molecule has 2 unspecified atom stereocenters. The second-order valence-corrected chi connectivity index (χ2v) is 7.81. The average molecular weight is 272 g/mol. The summed E-state index contributed by atoms with van der Waals surface area (Å²) in [6.07, 6.45) is 2.27. The average Bonchev–Trinajstić information content (AvgIpc) is 2.27. The van der Waals surface area contributed by atoms with E-state index in [1.165, 1.54) is 0 Å². The molecule has 0 aliphatic carbocycles. The summed E-state index contributed by atoms with van der Waals surface area (Å²) in [6.45, 7) is 22.9. The molecule has 0 aromatic heterocycles. The van der Waals surface area contributed by atoms with Crippen LogP contribution in [0.2, 0.25) is 0 Å². The van der Waals surface area contributed by atoms with E-state index in [0.29, 0.717) is 11.5 Å². The molecule has 2 N–H and O–H groups in total. The molecule has 1 nitrogen and oxygen atoms in total. The molecular formula is C18H41N. The molecule has 0 rings (SSSR count). The van der Waals surface area contributed by atoms with Gasteiger partial charge in [0.1, 0.15) is 0 Å². The Kier molecular flexibility index (Phi) is 11.0. The summed E-state index contributed by atoms with van der Waals surface area (Å²) in [5.41, 5.74) is 6.15. The van der Waals surface area contributed by atoms with Crippen molar-refractivity contribution in [2.24, 2.45) is 34.8 Å². The third-order valence-corrected chi connectivity index (χ3v) is 4.96. The van der Waals surface area contributed by atoms with Gasteiger partial charge in [0.2, 0.25) is 0 Å². The molecule has 1 heteroatoms. The Morgan fingerprint density at radius 2 is 1.32 bits per heavy atom. The van der Waals surface area contributed by atoms with Gasteiger partial charge in [-0.1, -0.05) is 69.2 Å². The van der Waals surface area contributed by atoms with Crippen LogP contribution in [0.1, 0.15) is 82.1 Å². The van der Waals surface area contributed by atoms with Crippen molar-refractivity contribution in [1.82, 2.24) is 0 Å². The summed E-state index contributed by atoms with van der Waals surface area (Å²) in [5, 5.41) is 0. The van der Waals surface area contributed by atoms with Crippen LogP contribution in [0.25, 0.3) is 0 Å². The fourth-order valence-electron chi connectivity index (χ4n) is 2.16. The highest BCUT2D eigenvalue weighted by Crippen LogP contribution is 2.38. The van der Waals surface area contributed by atoms with Crippen molar-refractivity contribution in [3.63, 3.8) is 0 Å². The molecule has 118 valence electrons. The maximum atomic E-state index is 5.67. The first-order chi connectivity index (χ1) is 8.46. The third kappa shape index (κ3) is 9.49. The van der Waals surface area contributed by atoms with Crippen LogP contribution in [-0.4, -0.2) is 6.04 Å². The van der Waals surface area contributed by atoms with Gasteiger partial charge in [-0.05, 0) is 41.9 Å². The highest BCUT2D eigenvalue weighted by atomic mass is 14.6.